The minimum atomic E-state index is -2.49. The van der Waals surface area contributed by atoms with Crippen molar-refractivity contribution in [2.45, 2.75) is 154 Å². The van der Waals surface area contributed by atoms with Crippen LogP contribution in [0.25, 0.3) is 0 Å². The highest BCUT2D eigenvalue weighted by Gasteiger charge is 2.40. The summed E-state index contributed by atoms with van der Waals surface area (Å²) in [5, 5.41) is 3.88. The first-order valence-electron chi connectivity index (χ1n) is 14.5. The second-order valence-electron chi connectivity index (χ2n) is 10.0. The molecule has 0 fully saturated rings. The fourth-order valence-corrected chi connectivity index (χ4v) is 6.81. The zero-order valence-corrected chi connectivity index (χ0v) is 24.6. The Morgan fingerprint density at radius 3 is 1.24 bits per heavy atom. The molecule has 0 rings (SSSR count). The third-order valence-corrected chi connectivity index (χ3v) is 10.5. The van der Waals surface area contributed by atoms with Crippen molar-refractivity contribution in [1.29, 1.82) is 0 Å². The van der Waals surface area contributed by atoms with Gasteiger partial charge in [-0.1, -0.05) is 117 Å². The van der Waals surface area contributed by atoms with Crippen LogP contribution in [0.3, 0.4) is 0 Å². The highest BCUT2D eigenvalue weighted by molar-refractivity contribution is 6.60. The van der Waals surface area contributed by atoms with Crippen LogP contribution in [0.4, 0.5) is 0 Å². The maximum atomic E-state index is 5.63. The molecule has 0 amide bonds. The minimum Gasteiger partial charge on any atom is -0.377 e. The van der Waals surface area contributed by atoms with Gasteiger partial charge in [0, 0.05) is 32.9 Å². The third kappa shape index (κ3) is 16.4. The van der Waals surface area contributed by atoms with Crippen LogP contribution in [0.5, 0.6) is 0 Å². The molecule has 200 valence electrons. The van der Waals surface area contributed by atoms with E-state index in [1.165, 1.54) is 103 Å². The van der Waals surface area contributed by atoms with Crippen LogP contribution in [0, 0.1) is 0 Å². The van der Waals surface area contributed by atoms with E-state index in [2.05, 4.69) is 26.1 Å². The number of nitrogens with one attached hydrogen (secondary N) is 1. The molecule has 0 unspecified atom stereocenters. The smallest absolute Gasteiger partial charge is 0.377 e. The van der Waals surface area contributed by atoms with Crippen LogP contribution in [-0.4, -0.2) is 42.2 Å². The van der Waals surface area contributed by atoms with Crippen molar-refractivity contribution in [3.63, 3.8) is 0 Å². The van der Waals surface area contributed by atoms with Crippen molar-refractivity contribution in [1.82, 2.24) is 5.32 Å². The lowest BCUT2D eigenvalue weighted by molar-refractivity contribution is 0.118. The quantitative estimate of drug-likeness (QED) is 0.0978. The van der Waals surface area contributed by atoms with Crippen molar-refractivity contribution in [2.24, 2.45) is 0 Å². The van der Waals surface area contributed by atoms with Gasteiger partial charge in [0.25, 0.3) is 0 Å². The molecule has 0 aromatic heterocycles. The molecular formula is C28H61NO3Si. The summed E-state index contributed by atoms with van der Waals surface area (Å²) < 4.78 is 16.9. The standard InChI is InChI=1S/C28H61NO3Si/c1-7-10-11-12-13-14-15-16-17-18-19-20-21-22-23-24-26-29-28(8-2,9-3)25-27-33(30-4,31-5)32-6/h29H,7-27H2,1-6H3. The maximum absolute atomic E-state index is 5.63. The van der Waals surface area contributed by atoms with E-state index in [9.17, 15) is 0 Å². The molecule has 0 atom stereocenters. The Hall–Kier alpha value is 0.0569. The molecule has 0 bridgehead atoms. The Balaban J connectivity index is 3.71. The summed E-state index contributed by atoms with van der Waals surface area (Å²) in [7, 11) is 2.64. The fraction of sp³-hybridized carbons (Fsp3) is 1.00. The molecule has 0 aliphatic carbocycles. The van der Waals surface area contributed by atoms with E-state index in [4.69, 9.17) is 13.3 Å². The Morgan fingerprint density at radius 2 is 0.909 bits per heavy atom. The van der Waals surface area contributed by atoms with Gasteiger partial charge in [-0.15, -0.1) is 0 Å². The van der Waals surface area contributed by atoms with Gasteiger partial charge in [-0.25, -0.2) is 0 Å². The Bertz CT molecular complexity index is 392. The predicted octanol–water partition coefficient (Wildman–Crippen LogP) is 8.66. The van der Waals surface area contributed by atoms with Crippen LogP contribution >= 0.6 is 0 Å². The van der Waals surface area contributed by atoms with Crippen molar-refractivity contribution in [2.75, 3.05) is 27.9 Å². The van der Waals surface area contributed by atoms with Crippen molar-refractivity contribution < 1.29 is 13.3 Å². The SMILES string of the molecule is CCCCCCCCCCCCCCCCCCNC(CC)(CC)CC[Si](OC)(OC)OC. The molecule has 0 aromatic carbocycles. The van der Waals surface area contributed by atoms with Gasteiger partial charge in [-0.3, -0.25) is 0 Å². The highest BCUT2D eigenvalue weighted by Crippen LogP contribution is 2.27. The molecule has 0 spiro atoms. The first kappa shape index (κ1) is 33.1. The number of hydrogen-bond acceptors (Lipinski definition) is 4. The van der Waals surface area contributed by atoms with E-state index < -0.39 is 8.80 Å². The predicted molar refractivity (Wildman–Crippen MR) is 147 cm³/mol. The van der Waals surface area contributed by atoms with Crippen LogP contribution in [0.2, 0.25) is 6.04 Å². The topological polar surface area (TPSA) is 39.7 Å². The minimum absolute atomic E-state index is 0.170. The van der Waals surface area contributed by atoms with Crippen LogP contribution in [0.15, 0.2) is 0 Å². The van der Waals surface area contributed by atoms with Gasteiger partial charge in [0.15, 0.2) is 0 Å². The van der Waals surface area contributed by atoms with Crippen molar-refractivity contribution in [3.05, 3.63) is 0 Å². The molecule has 1 N–H and O–H groups in total. The molecule has 0 saturated heterocycles. The Morgan fingerprint density at radius 1 is 0.545 bits per heavy atom. The molecule has 4 nitrogen and oxygen atoms in total. The third-order valence-electron chi connectivity index (χ3n) is 7.73. The molecule has 0 saturated carbocycles. The lowest BCUT2D eigenvalue weighted by Gasteiger charge is -2.36. The molecular weight excluding hydrogens is 426 g/mol. The van der Waals surface area contributed by atoms with Gasteiger partial charge in [0.2, 0.25) is 0 Å². The fourth-order valence-electron chi connectivity index (χ4n) is 4.92. The van der Waals surface area contributed by atoms with E-state index in [0.29, 0.717) is 0 Å². The van der Waals surface area contributed by atoms with Gasteiger partial charge in [0.05, 0.1) is 0 Å². The van der Waals surface area contributed by atoms with E-state index in [0.717, 1.165) is 31.9 Å². The summed E-state index contributed by atoms with van der Waals surface area (Å²) in [6.45, 7) is 7.99. The summed E-state index contributed by atoms with van der Waals surface area (Å²) in [6.07, 6.45) is 26.0. The zero-order valence-electron chi connectivity index (χ0n) is 23.6. The summed E-state index contributed by atoms with van der Waals surface area (Å²) >= 11 is 0. The van der Waals surface area contributed by atoms with Crippen molar-refractivity contribution in [3.8, 4) is 0 Å². The molecule has 33 heavy (non-hydrogen) atoms. The second-order valence-corrected chi connectivity index (χ2v) is 13.1. The Labute approximate surface area is 209 Å². The lowest BCUT2D eigenvalue weighted by Crippen LogP contribution is -2.49. The number of unbranched alkanes of at least 4 members (excludes halogenated alkanes) is 15. The number of rotatable bonds is 26. The largest absolute Gasteiger partial charge is 0.500 e. The van der Waals surface area contributed by atoms with E-state index in [1.807, 2.05) is 0 Å². The monoisotopic (exact) mass is 487 g/mol. The normalized spacial score (nSPS) is 12.5. The van der Waals surface area contributed by atoms with Crippen LogP contribution in [-0.2, 0) is 13.3 Å². The molecule has 0 radical (unpaired) electrons. The van der Waals surface area contributed by atoms with Crippen LogP contribution in [0.1, 0.15) is 143 Å². The van der Waals surface area contributed by atoms with Gasteiger partial charge in [0.1, 0.15) is 0 Å². The average Bonchev–Trinajstić information content (AvgIpc) is 2.85. The van der Waals surface area contributed by atoms with E-state index in [-0.39, 0.29) is 5.54 Å². The van der Waals surface area contributed by atoms with Gasteiger partial charge in [-0.05, 0) is 32.2 Å². The van der Waals surface area contributed by atoms with E-state index >= 15 is 0 Å². The summed E-state index contributed by atoms with van der Waals surface area (Å²) in [5.74, 6) is 0. The first-order chi connectivity index (χ1) is 16.1. The zero-order chi connectivity index (χ0) is 24.7. The second kappa shape index (κ2) is 22.5. The molecule has 0 aliphatic rings. The van der Waals surface area contributed by atoms with Crippen LogP contribution < -0.4 is 5.32 Å². The van der Waals surface area contributed by atoms with Gasteiger partial charge >= 0.3 is 8.80 Å². The first-order valence-corrected chi connectivity index (χ1v) is 16.4. The van der Waals surface area contributed by atoms with Gasteiger partial charge < -0.3 is 18.6 Å². The summed E-state index contributed by atoms with van der Waals surface area (Å²) in [6, 6.07) is 0.865. The van der Waals surface area contributed by atoms with Gasteiger partial charge in [-0.2, -0.15) is 0 Å². The van der Waals surface area contributed by atoms with E-state index in [1.54, 1.807) is 21.3 Å². The lowest BCUT2D eigenvalue weighted by atomic mass is 9.89. The Kier molecular flexibility index (Phi) is 22.6. The average molecular weight is 488 g/mol. The summed E-state index contributed by atoms with van der Waals surface area (Å²) in [4.78, 5) is 0. The maximum Gasteiger partial charge on any atom is 0.500 e. The molecule has 0 aliphatic heterocycles. The van der Waals surface area contributed by atoms with Crippen molar-refractivity contribution >= 4 is 8.80 Å². The molecule has 5 heteroatoms. The summed E-state index contributed by atoms with van der Waals surface area (Å²) in [5.41, 5.74) is 0.170. The molecule has 0 aromatic rings. The molecule has 0 heterocycles. The highest BCUT2D eigenvalue weighted by atomic mass is 28.4. The number of hydrogen-bond donors (Lipinski definition) is 1.